The van der Waals surface area contributed by atoms with E-state index in [0.717, 1.165) is 0 Å². The summed E-state index contributed by atoms with van der Waals surface area (Å²) >= 11 is 0. The normalized spacial score (nSPS) is 12.4. The first-order valence-corrected chi connectivity index (χ1v) is 8.70. The maximum Gasteiger partial charge on any atom is 0.338 e. The molecule has 2 rings (SSSR count). The number of amides is 1. The van der Waals surface area contributed by atoms with E-state index in [0.29, 0.717) is 5.76 Å². The van der Waals surface area contributed by atoms with Gasteiger partial charge in [0.1, 0.15) is 5.76 Å². The Kier molecular flexibility index (Phi) is 5.55. The van der Waals surface area contributed by atoms with Crippen LogP contribution in [0, 0.1) is 6.92 Å². The van der Waals surface area contributed by atoms with Crippen molar-refractivity contribution in [3.05, 3.63) is 41.7 Å². The summed E-state index contributed by atoms with van der Waals surface area (Å²) in [6.07, 6.45) is -1.12. The number of aromatic nitrogens is 1. The van der Waals surface area contributed by atoms with Crippen molar-refractivity contribution in [1.82, 2.24) is 9.88 Å². The largest absolute Gasteiger partial charge is 0.449 e. The van der Waals surface area contributed by atoms with Crippen molar-refractivity contribution < 1.29 is 27.3 Å². The number of rotatable bonds is 6. The second-order valence-corrected chi connectivity index (χ2v) is 6.98. The van der Waals surface area contributed by atoms with E-state index in [2.05, 4.69) is 15.2 Å². The van der Waals surface area contributed by atoms with Crippen molar-refractivity contribution >= 4 is 27.7 Å². The van der Waals surface area contributed by atoms with Crippen molar-refractivity contribution in [2.75, 3.05) is 12.4 Å². The minimum atomic E-state index is -3.69. The topological polar surface area (TPSA) is 128 Å². The smallest absolute Gasteiger partial charge is 0.338 e. The van der Waals surface area contributed by atoms with Gasteiger partial charge in [0.05, 0.1) is 10.5 Å². The molecule has 10 heteroatoms. The first-order chi connectivity index (χ1) is 11.7. The predicted molar refractivity (Wildman–Crippen MR) is 87.4 cm³/mol. The molecule has 1 aromatic carbocycles. The van der Waals surface area contributed by atoms with Crippen molar-refractivity contribution in [2.24, 2.45) is 0 Å². The Morgan fingerprint density at radius 3 is 2.60 bits per heavy atom. The molecule has 9 nitrogen and oxygen atoms in total. The molecule has 2 N–H and O–H groups in total. The standard InChI is InChI=1S/C15H17N3O6S/c1-9-7-13(18-24-9)17-14(19)10(2)23-15(20)11-5-4-6-12(8-11)25(21,22)16-3/h4-8,10,16H,1-3H3,(H,17,18,19)/t10-/m1/s1. The van der Waals surface area contributed by atoms with E-state index < -0.39 is 28.0 Å². The molecular weight excluding hydrogens is 350 g/mol. The highest BCUT2D eigenvalue weighted by Crippen LogP contribution is 2.13. The van der Waals surface area contributed by atoms with Gasteiger partial charge in [0.15, 0.2) is 11.9 Å². The lowest BCUT2D eigenvalue weighted by Gasteiger charge is -2.12. The molecule has 134 valence electrons. The number of esters is 1. The Hall–Kier alpha value is -2.72. The second kappa shape index (κ2) is 7.45. The molecule has 1 atom stereocenters. The Morgan fingerprint density at radius 2 is 2.00 bits per heavy atom. The van der Waals surface area contributed by atoms with Gasteiger partial charge >= 0.3 is 5.97 Å². The average Bonchev–Trinajstić information content (AvgIpc) is 2.99. The van der Waals surface area contributed by atoms with E-state index in [1.807, 2.05) is 0 Å². The van der Waals surface area contributed by atoms with Gasteiger partial charge in [-0.3, -0.25) is 4.79 Å². The molecule has 0 saturated heterocycles. The molecule has 1 aromatic heterocycles. The number of carbonyl (C=O) groups is 2. The number of nitrogens with one attached hydrogen (secondary N) is 2. The monoisotopic (exact) mass is 367 g/mol. The zero-order chi connectivity index (χ0) is 18.6. The van der Waals surface area contributed by atoms with Crippen LogP contribution in [-0.4, -0.2) is 38.6 Å². The average molecular weight is 367 g/mol. The van der Waals surface area contributed by atoms with Crippen LogP contribution in [0.5, 0.6) is 0 Å². The highest BCUT2D eigenvalue weighted by atomic mass is 32.2. The fraction of sp³-hybridized carbons (Fsp3) is 0.267. The summed E-state index contributed by atoms with van der Waals surface area (Å²) in [5.41, 5.74) is 0.00764. The highest BCUT2D eigenvalue weighted by Gasteiger charge is 2.21. The Morgan fingerprint density at radius 1 is 1.28 bits per heavy atom. The van der Waals surface area contributed by atoms with Gasteiger partial charge in [-0.2, -0.15) is 0 Å². The minimum Gasteiger partial charge on any atom is -0.449 e. The summed E-state index contributed by atoms with van der Waals surface area (Å²) in [7, 11) is -2.43. The summed E-state index contributed by atoms with van der Waals surface area (Å²) in [4.78, 5) is 24.0. The number of carbonyl (C=O) groups excluding carboxylic acids is 2. The van der Waals surface area contributed by atoms with Gasteiger partial charge in [-0.05, 0) is 39.1 Å². The molecule has 2 aromatic rings. The lowest BCUT2D eigenvalue weighted by atomic mass is 10.2. The van der Waals surface area contributed by atoms with E-state index in [9.17, 15) is 18.0 Å². The summed E-state index contributed by atoms with van der Waals surface area (Å²) in [5.74, 6) is -0.706. The number of anilines is 1. The van der Waals surface area contributed by atoms with Gasteiger partial charge in [-0.15, -0.1) is 0 Å². The van der Waals surface area contributed by atoms with E-state index in [-0.39, 0.29) is 16.3 Å². The van der Waals surface area contributed by atoms with E-state index in [4.69, 9.17) is 9.26 Å². The predicted octanol–water partition coefficient (Wildman–Crippen LogP) is 1.08. The fourth-order valence-corrected chi connectivity index (χ4v) is 2.62. The number of sulfonamides is 1. The maximum absolute atomic E-state index is 12.1. The minimum absolute atomic E-state index is 0.00764. The van der Waals surface area contributed by atoms with Gasteiger partial charge in [-0.1, -0.05) is 11.2 Å². The fourth-order valence-electron chi connectivity index (χ4n) is 1.84. The lowest BCUT2D eigenvalue weighted by Crippen LogP contribution is -2.30. The Balaban J connectivity index is 2.06. The number of hydrogen-bond acceptors (Lipinski definition) is 7. The molecule has 0 saturated carbocycles. The van der Waals surface area contributed by atoms with E-state index in [1.165, 1.54) is 44.3 Å². The number of nitrogens with zero attached hydrogens (tertiary/aromatic N) is 1. The van der Waals surface area contributed by atoms with Crippen LogP contribution in [-0.2, 0) is 19.6 Å². The number of ether oxygens (including phenoxy) is 1. The first-order valence-electron chi connectivity index (χ1n) is 7.21. The molecule has 1 amide bonds. The van der Waals surface area contributed by atoms with E-state index in [1.54, 1.807) is 6.92 Å². The quantitative estimate of drug-likeness (QED) is 0.731. The van der Waals surface area contributed by atoms with Crippen LogP contribution in [0.3, 0.4) is 0 Å². The zero-order valence-corrected chi connectivity index (χ0v) is 14.6. The molecule has 1 heterocycles. The van der Waals surface area contributed by atoms with Gasteiger partial charge in [0, 0.05) is 6.07 Å². The van der Waals surface area contributed by atoms with Crippen LogP contribution in [0.15, 0.2) is 39.8 Å². The summed E-state index contributed by atoms with van der Waals surface area (Å²) < 4.78 is 35.6. The molecule has 0 spiro atoms. The van der Waals surface area contributed by atoms with Crippen LogP contribution < -0.4 is 10.0 Å². The molecule has 0 aliphatic rings. The van der Waals surface area contributed by atoms with Crippen molar-refractivity contribution in [3.8, 4) is 0 Å². The van der Waals surface area contributed by atoms with Crippen molar-refractivity contribution in [1.29, 1.82) is 0 Å². The summed E-state index contributed by atoms with van der Waals surface area (Å²) in [6.45, 7) is 3.05. The van der Waals surface area contributed by atoms with E-state index >= 15 is 0 Å². The maximum atomic E-state index is 12.1. The Bertz CT molecular complexity index is 890. The third kappa shape index (κ3) is 4.64. The zero-order valence-electron chi connectivity index (χ0n) is 13.8. The Labute approximate surface area is 144 Å². The molecule has 0 aliphatic heterocycles. The first kappa shape index (κ1) is 18.6. The van der Waals surface area contributed by atoms with Crippen LogP contribution in [0.1, 0.15) is 23.0 Å². The van der Waals surface area contributed by atoms with Gasteiger partial charge in [-0.25, -0.2) is 17.9 Å². The third-order valence-corrected chi connectivity index (χ3v) is 4.59. The summed E-state index contributed by atoms with van der Waals surface area (Å²) in [5, 5.41) is 6.04. The van der Waals surface area contributed by atoms with Crippen molar-refractivity contribution in [2.45, 2.75) is 24.8 Å². The van der Waals surface area contributed by atoms with Gasteiger partial charge in [0.25, 0.3) is 5.91 Å². The molecule has 0 unspecified atom stereocenters. The molecule has 25 heavy (non-hydrogen) atoms. The lowest BCUT2D eigenvalue weighted by molar-refractivity contribution is -0.123. The molecule has 0 radical (unpaired) electrons. The number of aryl methyl sites for hydroxylation is 1. The van der Waals surface area contributed by atoms with Crippen LogP contribution in [0.25, 0.3) is 0 Å². The highest BCUT2D eigenvalue weighted by molar-refractivity contribution is 7.89. The number of benzene rings is 1. The molecule has 0 aliphatic carbocycles. The molecule has 0 bridgehead atoms. The number of hydrogen-bond donors (Lipinski definition) is 2. The summed E-state index contributed by atoms with van der Waals surface area (Å²) in [6, 6.07) is 6.82. The van der Waals surface area contributed by atoms with Crippen LogP contribution in [0.4, 0.5) is 5.82 Å². The second-order valence-electron chi connectivity index (χ2n) is 5.09. The van der Waals surface area contributed by atoms with Gasteiger partial charge < -0.3 is 14.6 Å². The third-order valence-electron chi connectivity index (χ3n) is 3.18. The molecular formula is C15H17N3O6S. The van der Waals surface area contributed by atoms with Gasteiger partial charge in [0.2, 0.25) is 10.0 Å². The van der Waals surface area contributed by atoms with Crippen LogP contribution >= 0.6 is 0 Å². The van der Waals surface area contributed by atoms with Crippen molar-refractivity contribution in [3.63, 3.8) is 0 Å². The van der Waals surface area contributed by atoms with Crippen LogP contribution in [0.2, 0.25) is 0 Å². The molecule has 0 fully saturated rings. The SMILES string of the molecule is CNS(=O)(=O)c1cccc(C(=O)O[C@H](C)C(=O)Nc2cc(C)on2)c1.